The highest BCUT2D eigenvalue weighted by molar-refractivity contribution is 9.10. The van der Waals surface area contributed by atoms with E-state index in [1.54, 1.807) is 0 Å². The first kappa shape index (κ1) is 15.3. The molecule has 1 aromatic carbocycles. The quantitative estimate of drug-likeness (QED) is 0.482. The maximum Gasteiger partial charge on any atom is 0.292 e. The maximum atomic E-state index is 13.1. The minimum atomic E-state index is -0.372. The molecule has 0 aliphatic heterocycles. The third kappa shape index (κ3) is 2.17. The number of benzene rings is 1. The molecule has 0 spiro atoms. The summed E-state index contributed by atoms with van der Waals surface area (Å²) >= 11 is 4.82. The Labute approximate surface area is 147 Å². The van der Waals surface area contributed by atoms with Crippen LogP contribution >= 0.6 is 27.3 Å². The van der Waals surface area contributed by atoms with Crippen LogP contribution in [0.4, 0.5) is 4.39 Å². The standard InChI is InChI=1S/C16H10BrFN4OS/c1-7-11-13-14(24-15(11)19-8(2)12(7)17)16(23)22(21-20-13)10-5-3-9(18)4-6-10/h3-6H,1-2H3. The summed E-state index contributed by atoms with van der Waals surface area (Å²) in [6, 6.07) is 5.55. The van der Waals surface area contributed by atoms with Gasteiger partial charge in [-0.2, -0.15) is 4.68 Å². The normalized spacial score (nSPS) is 11.5. The van der Waals surface area contributed by atoms with E-state index in [0.717, 1.165) is 25.9 Å². The second kappa shape index (κ2) is 5.42. The second-order valence-electron chi connectivity index (χ2n) is 5.38. The first-order chi connectivity index (χ1) is 11.5. The van der Waals surface area contributed by atoms with Crippen molar-refractivity contribution in [3.8, 4) is 5.69 Å². The van der Waals surface area contributed by atoms with Crippen LogP contribution in [0.1, 0.15) is 11.3 Å². The Hall–Kier alpha value is -2.19. The molecule has 5 nitrogen and oxygen atoms in total. The molecule has 3 heterocycles. The van der Waals surface area contributed by atoms with Crippen molar-refractivity contribution in [2.24, 2.45) is 0 Å². The Balaban J connectivity index is 2.07. The van der Waals surface area contributed by atoms with Crippen molar-refractivity contribution in [1.29, 1.82) is 0 Å². The van der Waals surface area contributed by atoms with Gasteiger partial charge in [-0.25, -0.2) is 9.37 Å². The van der Waals surface area contributed by atoms with Crippen LogP contribution in [-0.2, 0) is 0 Å². The van der Waals surface area contributed by atoms with E-state index in [-0.39, 0.29) is 11.4 Å². The number of fused-ring (bicyclic) bond motifs is 3. The zero-order chi connectivity index (χ0) is 17.0. The lowest BCUT2D eigenvalue weighted by Crippen LogP contribution is -2.21. The van der Waals surface area contributed by atoms with Crippen LogP contribution in [0.15, 0.2) is 33.5 Å². The van der Waals surface area contributed by atoms with Crippen molar-refractivity contribution in [3.63, 3.8) is 0 Å². The predicted molar refractivity (Wildman–Crippen MR) is 95.4 cm³/mol. The monoisotopic (exact) mass is 404 g/mol. The fourth-order valence-electron chi connectivity index (χ4n) is 2.63. The van der Waals surface area contributed by atoms with Crippen LogP contribution < -0.4 is 5.56 Å². The molecule has 4 aromatic rings. The van der Waals surface area contributed by atoms with Crippen molar-refractivity contribution in [1.82, 2.24) is 20.0 Å². The Morgan fingerprint density at radius 3 is 2.62 bits per heavy atom. The van der Waals surface area contributed by atoms with E-state index < -0.39 is 0 Å². The Morgan fingerprint density at radius 2 is 1.92 bits per heavy atom. The first-order valence-electron chi connectivity index (χ1n) is 7.08. The van der Waals surface area contributed by atoms with E-state index in [1.165, 1.54) is 40.3 Å². The molecular formula is C16H10BrFN4OS. The molecule has 0 unspecified atom stereocenters. The number of aryl methyl sites for hydroxylation is 2. The molecule has 0 atom stereocenters. The second-order valence-corrected chi connectivity index (χ2v) is 7.17. The van der Waals surface area contributed by atoms with E-state index in [0.29, 0.717) is 15.9 Å². The number of rotatable bonds is 1. The van der Waals surface area contributed by atoms with Gasteiger partial charge in [0, 0.05) is 9.86 Å². The minimum Gasteiger partial charge on any atom is -0.266 e. The highest BCUT2D eigenvalue weighted by atomic mass is 79.9. The number of thiophene rings is 1. The van der Waals surface area contributed by atoms with Crippen LogP contribution in [0, 0.1) is 19.7 Å². The number of hydrogen-bond donors (Lipinski definition) is 0. The van der Waals surface area contributed by atoms with Gasteiger partial charge in [-0.3, -0.25) is 4.79 Å². The van der Waals surface area contributed by atoms with E-state index in [4.69, 9.17) is 0 Å². The zero-order valence-corrected chi connectivity index (χ0v) is 15.1. The van der Waals surface area contributed by atoms with Gasteiger partial charge < -0.3 is 0 Å². The van der Waals surface area contributed by atoms with Gasteiger partial charge in [-0.1, -0.05) is 5.21 Å². The van der Waals surface area contributed by atoms with Gasteiger partial charge in [0.25, 0.3) is 5.56 Å². The van der Waals surface area contributed by atoms with Gasteiger partial charge in [-0.05, 0) is 59.6 Å². The van der Waals surface area contributed by atoms with Crippen LogP contribution in [0.25, 0.3) is 26.1 Å². The zero-order valence-electron chi connectivity index (χ0n) is 12.7. The molecule has 8 heteroatoms. The van der Waals surface area contributed by atoms with Crippen molar-refractivity contribution in [3.05, 3.63) is 56.2 Å². The Morgan fingerprint density at radius 1 is 1.21 bits per heavy atom. The van der Waals surface area contributed by atoms with Gasteiger partial charge in [0.1, 0.15) is 20.9 Å². The predicted octanol–water partition coefficient (Wildman–Crippen LogP) is 3.91. The summed E-state index contributed by atoms with van der Waals surface area (Å²) in [5.74, 6) is -0.372. The lowest BCUT2D eigenvalue weighted by molar-refractivity contribution is 0.626. The molecule has 0 radical (unpaired) electrons. The number of aromatic nitrogens is 4. The van der Waals surface area contributed by atoms with E-state index in [9.17, 15) is 9.18 Å². The van der Waals surface area contributed by atoms with Gasteiger partial charge >= 0.3 is 0 Å². The fourth-order valence-corrected chi connectivity index (χ4v) is 4.06. The van der Waals surface area contributed by atoms with Crippen molar-refractivity contribution < 1.29 is 4.39 Å². The summed E-state index contributed by atoms with van der Waals surface area (Å²) < 4.78 is 15.6. The summed E-state index contributed by atoms with van der Waals surface area (Å²) in [6.45, 7) is 3.86. The molecule has 120 valence electrons. The topological polar surface area (TPSA) is 60.7 Å². The lowest BCUT2D eigenvalue weighted by Gasteiger charge is -2.04. The van der Waals surface area contributed by atoms with Crippen LogP contribution in [0.3, 0.4) is 0 Å². The molecule has 3 aromatic heterocycles. The molecule has 0 saturated carbocycles. The summed E-state index contributed by atoms with van der Waals surface area (Å²) in [4.78, 5) is 18.1. The average Bonchev–Trinajstić information content (AvgIpc) is 2.93. The smallest absolute Gasteiger partial charge is 0.266 e. The van der Waals surface area contributed by atoms with E-state index in [1.807, 2.05) is 13.8 Å². The molecular weight excluding hydrogens is 395 g/mol. The van der Waals surface area contributed by atoms with Crippen molar-refractivity contribution >= 4 is 47.7 Å². The Bertz CT molecular complexity index is 1170. The number of pyridine rings is 1. The molecule has 0 saturated heterocycles. The van der Waals surface area contributed by atoms with Crippen LogP contribution in [-0.4, -0.2) is 20.0 Å². The van der Waals surface area contributed by atoms with Gasteiger partial charge in [0.05, 0.1) is 11.4 Å². The summed E-state index contributed by atoms with van der Waals surface area (Å²) in [5.41, 5.74) is 2.57. The van der Waals surface area contributed by atoms with E-state index >= 15 is 0 Å². The molecule has 0 aliphatic carbocycles. The van der Waals surface area contributed by atoms with Crippen LogP contribution in [0.5, 0.6) is 0 Å². The summed E-state index contributed by atoms with van der Waals surface area (Å²) in [5, 5.41) is 9.08. The molecule has 0 fully saturated rings. The van der Waals surface area contributed by atoms with Gasteiger partial charge in [0.15, 0.2) is 0 Å². The largest absolute Gasteiger partial charge is 0.292 e. The summed E-state index contributed by atoms with van der Waals surface area (Å²) in [6.07, 6.45) is 0. The number of nitrogens with zero attached hydrogens (tertiary/aromatic N) is 4. The fraction of sp³-hybridized carbons (Fsp3) is 0.125. The third-order valence-electron chi connectivity index (χ3n) is 3.85. The van der Waals surface area contributed by atoms with Crippen molar-refractivity contribution in [2.75, 3.05) is 0 Å². The Kier molecular flexibility index (Phi) is 3.47. The molecule has 0 aliphatic rings. The average molecular weight is 405 g/mol. The lowest BCUT2D eigenvalue weighted by atomic mass is 10.1. The highest BCUT2D eigenvalue weighted by Gasteiger charge is 2.18. The molecule has 0 N–H and O–H groups in total. The molecule has 24 heavy (non-hydrogen) atoms. The van der Waals surface area contributed by atoms with E-state index in [2.05, 4.69) is 31.2 Å². The highest BCUT2D eigenvalue weighted by Crippen LogP contribution is 2.35. The SMILES string of the molecule is Cc1nc2sc3c(=O)n(-c4ccc(F)cc4)nnc3c2c(C)c1Br. The molecule has 4 rings (SSSR count). The third-order valence-corrected chi connectivity index (χ3v) is 6.08. The first-order valence-corrected chi connectivity index (χ1v) is 8.69. The number of halogens is 2. The van der Waals surface area contributed by atoms with Crippen LogP contribution in [0.2, 0.25) is 0 Å². The van der Waals surface area contributed by atoms with Crippen molar-refractivity contribution in [2.45, 2.75) is 13.8 Å². The van der Waals surface area contributed by atoms with Gasteiger partial charge in [-0.15, -0.1) is 16.4 Å². The molecule has 0 amide bonds. The number of hydrogen-bond acceptors (Lipinski definition) is 5. The van der Waals surface area contributed by atoms with Gasteiger partial charge in [0.2, 0.25) is 0 Å². The summed E-state index contributed by atoms with van der Waals surface area (Å²) in [7, 11) is 0. The maximum absolute atomic E-state index is 13.1. The molecule has 0 bridgehead atoms. The minimum absolute atomic E-state index is 0.289.